The number of ether oxygens (including phenoxy) is 1. The Morgan fingerprint density at radius 3 is 2.39 bits per heavy atom. The number of nitrogens with zero attached hydrogens (tertiary/aromatic N) is 1. The van der Waals surface area contributed by atoms with E-state index in [0.717, 1.165) is 24.0 Å². The van der Waals surface area contributed by atoms with Gasteiger partial charge in [0.05, 0.1) is 19.6 Å². The molecule has 1 aliphatic carbocycles. The van der Waals surface area contributed by atoms with Gasteiger partial charge in [0.15, 0.2) is 0 Å². The van der Waals surface area contributed by atoms with Crippen molar-refractivity contribution in [3.8, 4) is 0 Å². The number of likely N-dealkylation sites (tertiary alicyclic amines) is 1. The third-order valence-electron chi connectivity index (χ3n) is 6.76. The van der Waals surface area contributed by atoms with E-state index in [1.165, 1.54) is 18.2 Å². The summed E-state index contributed by atoms with van der Waals surface area (Å²) in [6.45, 7) is 0.458. The van der Waals surface area contributed by atoms with E-state index in [1.54, 1.807) is 11.8 Å². The highest BCUT2D eigenvalue weighted by Gasteiger charge is 2.59. The first kappa shape index (κ1) is 21.8. The normalized spacial score (nSPS) is 24.0. The van der Waals surface area contributed by atoms with Gasteiger partial charge >= 0.3 is 5.97 Å². The van der Waals surface area contributed by atoms with Crippen LogP contribution in [0.3, 0.4) is 0 Å². The molecule has 0 saturated carbocycles. The minimum Gasteiger partial charge on any atom is -0.468 e. The van der Waals surface area contributed by atoms with Crippen LogP contribution >= 0.6 is 11.8 Å². The van der Waals surface area contributed by atoms with Gasteiger partial charge in [-0.1, -0.05) is 84.9 Å². The van der Waals surface area contributed by atoms with Gasteiger partial charge in [0.25, 0.3) is 0 Å². The molecule has 1 fully saturated rings. The number of fused-ring (bicyclic) bond motifs is 1. The fourth-order valence-electron chi connectivity index (χ4n) is 5.27. The van der Waals surface area contributed by atoms with E-state index in [2.05, 4.69) is 24.3 Å². The van der Waals surface area contributed by atoms with E-state index >= 15 is 0 Å². The molecule has 3 aromatic carbocycles. The smallest absolute Gasteiger partial charge is 0.325 e. The number of thioether (sulfide) groups is 1. The number of methoxy groups -OCH3 is 1. The van der Waals surface area contributed by atoms with Crippen molar-refractivity contribution in [3.05, 3.63) is 107 Å². The maximum atomic E-state index is 13.5. The van der Waals surface area contributed by atoms with Crippen LogP contribution in [-0.2, 0) is 27.3 Å². The highest BCUT2D eigenvalue weighted by Crippen LogP contribution is 2.57. The second-order valence-electron chi connectivity index (χ2n) is 8.72. The predicted molar refractivity (Wildman–Crippen MR) is 131 cm³/mol. The van der Waals surface area contributed by atoms with Crippen LogP contribution in [0.25, 0.3) is 0 Å². The van der Waals surface area contributed by atoms with Crippen LogP contribution in [0.1, 0.15) is 46.4 Å². The molecule has 3 atom stereocenters. The number of amides is 1. The van der Waals surface area contributed by atoms with Gasteiger partial charge in [-0.3, -0.25) is 9.59 Å². The molecule has 4 nitrogen and oxygen atoms in total. The maximum absolute atomic E-state index is 13.5. The standard InChI is InChI=1S/C28H27NO3S/c1-32-27(31)28(33-24-17-16-21-12-8-9-15-23(21)24)18-25(30)29(19-20-10-4-2-5-11-20)26(28)22-13-6-3-7-14-22/h2-15,24,26H,16-19H2,1H3/t24-,26+,28+/m0/s1. The van der Waals surface area contributed by atoms with E-state index in [-0.39, 0.29) is 23.5 Å². The second-order valence-corrected chi connectivity index (χ2v) is 10.3. The van der Waals surface area contributed by atoms with E-state index in [9.17, 15) is 9.59 Å². The van der Waals surface area contributed by atoms with Gasteiger partial charge in [0.1, 0.15) is 4.75 Å². The zero-order valence-corrected chi connectivity index (χ0v) is 19.5. The molecule has 2 aliphatic rings. The summed E-state index contributed by atoms with van der Waals surface area (Å²) in [6, 6.07) is 27.9. The molecule has 0 radical (unpaired) electrons. The minimum atomic E-state index is -1.01. The van der Waals surface area contributed by atoms with E-state index in [0.29, 0.717) is 6.54 Å². The van der Waals surface area contributed by atoms with Crippen molar-refractivity contribution >= 4 is 23.6 Å². The van der Waals surface area contributed by atoms with Gasteiger partial charge in [-0.25, -0.2) is 0 Å². The molecular weight excluding hydrogens is 430 g/mol. The van der Waals surface area contributed by atoms with Crippen LogP contribution in [0.2, 0.25) is 0 Å². The lowest BCUT2D eigenvalue weighted by Gasteiger charge is -2.37. The van der Waals surface area contributed by atoms with Crippen molar-refractivity contribution in [3.63, 3.8) is 0 Å². The summed E-state index contributed by atoms with van der Waals surface area (Å²) in [4.78, 5) is 28.9. The van der Waals surface area contributed by atoms with Gasteiger partial charge in [-0.05, 0) is 35.1 Å². The molecule has 0 bridgehead atoms. The Labute approximate surface area is 199 Å². The first-order chi connectivity index (χ1) is 16.1. The third kappa shape index (κ3) is 3.95. The zero-order chi connectivity index (χ0) is 22.8. The van der Waals surface area contributed by atoms with E-state index in [4.69, 9.17) is 4.74 Å². The van der Waals surface area contributed by atoms with Gasteiger partial charge in [0.2, 0.25) is 5.91 Å². The van der Waals surface area contributed by atoms with E-state index in [1.807, 2.05) is 65.6 Å². The van der Waals surface area contributed by atoms with Crippen molar-refractivity contribution in [1.82, 2.24) is 4.90 Å². The molecule has 0 aromatic heterocycles. The lowest BCUT2D eigenvalue weighted by Crippen LogP contribution is -2.43. The molecular formula is C28H27NO3S. The SMILES string of the molecule is COC(=O)[C@@]1(S[C@H]2CCc3ccccc32)CC(=O)N(Cc2ccccc2)[C@@H]1c1ccccc1. The quantitative estimate of drug-likeness (QED) is 0.459. The lowest BCUT2D eigenvalue weighted by molar-refractivity contribution is -0.144. The number of aryl methyl sites for hydroxylation is 1. The summed E-state index contributed by atoms with van der Waals surface area (Å²) in [7, 11) is 1.43. The lowest BCUT2D eigenvalue weighted by atomic mass is 9.92. The summed E-state index contributed by atoms with van der Waals surface area (Å²) >= 11 is 1.62. The summed E-state index contributed by atoms with van der Waals surface area (Å²) in [5.41, 5.74) is 4.61. The van der Waals surface area contributed by atoms with Gasteiger partial charge in [-0.15, -0.1) is 11.8 Å². The van der Waals surface area contributed by atoms with Crippen LogP contribution in [0.5, 0.6) is 0 Å². The van der Waals surface area contributed by atoms with Gasteiger partial charge in [-0.2, -0.15) is 0 Å². The van der Waals surface area contributed by atoms with Crippen molar-refractivity contribution in [2.45, 2.75) is 41.8 Å². The summed E-state index contributed by atoms with van der Waals surface area (Å²) in [5.74, 6) is -0.341. The Bertz CT molecular complexity index is 1150. The molecule has 168 valence electrons. The highest BCUT2D eigenvalue weighted by molar-refractivity contribution is 8.01. The molecule has 0 spiro atoms. The molecule has 33 heavy (non-hydrogen) atoms. The number of hydrogen-bond donors (Lipinski definition) is 0. The Morgan fingerprint density at radius 2 is 1.67 bits per heavy atom. The first-order valence-electron chi connectivity index (χ1n) is 11.3. The highest BCUT2D eigenvalue weighted by atomic mass is 32.2. The molecule has 0 N–H and O–H groups in total. The molecule has 0 unspecified atom stereocenters. The number of benzene rings is 3. The number of esters is 1. The van der Waals surface area contributed by atoms with Crippen LogP contribution in [0.4, 0.5) is 0 Å². The Balaban J connectivity index is 1.59. The van der Waals surface area contributed by atoms with Crippen LogP contribution in [-0.4, -0.2) is 28.6 Å². The van der Waals surface area contributed by atoms with Crippen molar-refractivity contribution in [2.24, 2.45) is 0 Å². The van der Waals surface area contributed by atoms with E-state index < -0.39 is 10.8 Å². The third-order valence-corrected chi connectivity index (χ3v) is 8.49. The van der Waals surface area contributed by atoms with Crippen molar-refractivity contribution in [1.29, 1.82) is 0 Å². The average molecular weight is 458 g/mol. The molecule has 1 saturated heterocycles. The molecule has 3 aromatic rings. The molecule has 1 aliphatic heterocycles. The zero-order valence-electron chi connectivity index (χ0n) is 18.6. The number of carbonyl (C=O) groups excluding carboxylic acids is 2. The first-order valence-corrected chi connectivity index (χ1v) is 12.2. The maximum Gasteiger partial charge on any atom is 0.325 e. The number of rotatable bonds is 6. The second kappa shape index (κ2) is 9.06. The largest absolute Gasteiger partial charge is 0.468 e. The summed E-state index contributed by atoms with van der Waals surface area (Å²) in [5, 5.41) is 0.149. The van der Waals surface area contributed by atoms with Crippen molar-refractivity contribution < 1.29 is 14.3 Å². The summed E-state index contributed by atoms with van der Waals surface area (Å²) < 4.78 is 4.39. The molecule has 5 rings (SSSR count). The van der Waals surface area contributed by atoms with Crippen LogP contribution in [0, 0.1) is 0 Å². The van der Waals surface area contributed by atoms with Gasteiger partial charge < -0.3 is 9.64 Å². The number of carbonyl (C=O) groups is 2. The monoisotopic (exact) mass is 457 g/mol. The van der Waals surface area contributed by atoms with Crippen LogP contribution in [0.15, 0.2) is 84.9 Å². The molecule has 5 heteroatoms. The Morgan fingerprint density at radius 1 is 1.00 bits per heavy atom. The van der Waals surface area contributed by atoms with Gasteiger partial charge in [0, 0.05) is 11.8 Å². The Kier molecular flexibility index (Phi) is 5.98. The van der Waals surface area contributed by atoms with Crippen molar-refractivity contribution in [2.75, 3.05) is 7.11 Å². The summed E-state index contributed by atoms with van der Waals surface area (Å²) in [6.07, 6.45) is 2.08. The number of hydrogen-bond acceptors (Lipinski definition) is 4. The topological polar surface area (TPSA) is 46.6 Å². The van der Waals surface area contributed by atoms with Crippen LogP contribution < -0.4 is 0 Å². The molecule has 1 amide bonds. The molecule has 1 heterocycles. The fraction of sp³-hybridized carbons (Fsp3) is 0.286. The minimum absolute atomic E-state index is 0.0168. The average Bonchev–Trinajstić information content (AvgIpc) is 3.39. The Hall–Kier alpha value is -3.05. The predicted octanol–water partition coefficient (Wildman–Crippen LogP) is 5.49. The fourth-order valence-corrected chi connectivity index (χ4v) is 7.15.